The Morgan fingerprint density at radius 1 is 1.29 bits per heavy atom. The van der Waals surface area contributed by atoms with Crippen LogP contribution in [0.25, 0.3) is 0 Å². The standard InChI is InChI=1S/C15H21N3O2Si/c1-12-10-14(18-19-12)15(20-21(2,3)4)17-16-11-13-8-6-5-7-9-13/h5-10,16H,11H2,1-4H3/b17-15-. The molecule has 0 bridgehead atoms. The lowest BCUT2D eigenvalue weighted by atomic mass is 10.2. The summed E-state index contributed by atoms with van der Waals surface area (Å²) in [5, 5.41) is 8.32. The van der Waals surface area contributed by atoms with Gasteiger partial charge in [0.1, 0.15) is 5.76 Å². The zero-order valence-corrected chi connectivity index (χ0v) is 13.9. The van der Waals surface area contributed by atoms with Crippen LogP contribution in [0.1, 0.15) is 17.0 Å². The van der Waals surface area contributed by atoms with Gasteiger partial charge in [-0.2, -0.15) is 0 Å². The Morgan fingerprint density at radius 2 is 2.00 bits per heavy atom. The molecular weight excluding hydrogens is 282 g/mol. The second-order valence-electron chi connectivity index (χ2n) is 5.77. The van der Waals surface area contributed by atoms with Gasteiger partial charge >= 0.3 is 0 Å². The Bertz CT molecular complexity index is 603. The zero-order valence-electron chi connectivity index (χ0n) is 12.9. The van der Waals surface area contributed by atoms with E-state index in [-0.39, 0.29) is 0 Å². The summed E-state index contributed by atoms with van der Waals surface area (Å²) < 4.78 is 11.1. The van der Waals surface area contributed by atoms with E-state index in [0.29, 0.717) is 18.1 Å². The number of hydrogen-bond donors (Lipinski definition) is 1. The molecule has 1 aromatic carbocycles. The van der Waals surface area contributed by atoms with Crippen molar-refractivity contribution in [3.05, 3.63) is 53.4 Å². The summed E-state index contributed by atoms with van der Waals surface area (Å²) in [6.07, 6.45) is 0. The van der Waals surface area contributed by atoms with Crippen LogP contribution in [0.4, 0.5) is 0 Å². The molecule has 6 heteroatoms. The smallest absolute Gasteiger partial charge is 0.247 e. The Hall–Kier alpha value is -2.08. The molecule has 0 saturated carbocycles. The minimum atomic E-state index is -1.78. The van der Waals surface area contributed by atoms with Crippen LogP contribution in [0.5, 0.6) is 0 Å². The molecule has 0 unspecified atom stereocenters. The number of nitrogens with one attached hydrogen (secondary N) is 1. The summed E-state index contributed by atoms with van der Waals surface area (Å²) in [7, 11) is -1.78. The van der Waals surface area contributed by atoms with Crippen LogP contribution < -0.4 is 5.43 Å². The Kier molecular flexibility index (Phi) is 4.80. The van der Waals surface area contributed by atoms with Crippen LogP contribution in [-0.4, -0.2) is 19.4 Å². The fraction of sp³-hybridized carbons (Fsp3) is 0.333. The van der Waals surface area contributed by atoms with Crippen LogP contribution in [0.15, 0.2) is 46.0 Å². The van der Waals surface area contributed by atoms with E-state index in [1.54, 1.807) is 0 Å². The van der Waals surface area contributed by atoms with Crippen molar-refractivity contribution in [2.75, 3.05) is 0 Å². The van der Waals surface area contributed by atoms with Crippen LogP contribution in [0.3, 0.4) is 0 Å². The SMILES string of the molecule is Cc1cc(/C(=N/NCc2ccccc2)O[Si](C)(C)C)no1. The van der Waals surface area contributed by atoms with Crippen molar-refractivity contribution in [1.29, 1.82) is 0 Å². The summed E-state index contributed by atoms with van der Waals surface area (Å²) in [5.74, 6) is 1.22. The third-order valence-corrected chi connectivity index (χ3v) is 3.36. The molecule has 0 radical (unpaired) electrons. The molecule has 5 nitrogen and oxygen atoms in total. The van der Waals surface area contributed by atoms with Crippen molar-refractivity contribution in [2.24, 2.45) is 5.10 Å². The topological polar surface area (TPSA) is 59.7 Å². The summed E-state index contributed by atoms with van der Waals surface area (Å²) in [5.41, 5.74) is 4.81. The maximum absolute atomic E-state index is 5.98. The summed E-state index contributed by atoms with van der Waals surface area (Å²) >= 11 is 0. The molecule has 0 atom stereocenters. The third kappa shape index (κ3) is 5.07. The lowest BCUT2D eigenvalue weighted by Crippen LogP contribution is -2.31. The zero-order chi connectivity index (χ0) is 15.3. The van der Waals surface area contributed by atoms with Gasteiger partial charge < -0.3 is 14.4 Å². The van der Waals surface area contributed by atoms with E-state index in [9.17, 15) is 0 Å². The maximum Gasteiger partial charge on any atom is 0.247 e. The molecule has 0 spiro atoms. The van der Waals surface area contributed by atoms with E-state index < -0.39 is 8.32 Å². The van der Waals surface area contributed by atoms with Gasteiger partial charge in [-0.25, -0.2) is 0 Å². The molecule has 0 saturated heterocycles. The number of aromatic nitrogens is 1. The quantitative estimate of drug-likeness (QED) is 0.398. The highest BCUT2D eigenvalue weighted by molar-refractivity contribution is 6.71. The molecule has 2 rings (SSSR count). The van der Waals surface area contributed by atoms with Crippen molar-refractivity contribution in [1.82, 2.24) is 10.6 Å². The van der Waals surface area contributed by atoms with Crippen molar-refractivity contribution in [2.45, 2.75) is 33.1 Å². The first kappa shape index (κ1) is 15.3. The number of aryl methyl sites for hydroxylation is 1. The van der Waals surface area contributed by atoms with Crippen LogP contribution in [-0.2, 0) is 11.0 Å². The van der Waals surface area contributed by atoms with Gasteiger partial charge in [-0.15, -0.1) is 5.10 Å². The Balaban J connectivity index is 2.09. The number of benzene rings is 1. The molecule has 0 aliphatic carbocycles. The third-order valence-electron chi connectivity index (χ3n) is 2.56. The van der Waals surface area contributed by atoms with Gasteiger partial charge in [0.05, 0.1) is 6.54 Å². The molecule has 21 heavy (non-hydrogen) atoms. The first-order valence-corrected chi connectivity index (χ1v) is 10.3. The first-order chi connectivity index (χ1) is 9.94. The largest absolute Gasteiger partial charge is 0.529 e. The Labute approximate surface area is 126 Å². The fourth-order valence-corrected chi connectivity index (χ4v) is 2.42. The van der Waals surface area contributed by atoms with E-state index in [1.165, 1.54) is 0 Å². The predicted octanol–water partition coefficient (Wildman–Crippen LogP) is 3.29. The molecule has 0 aliphatic heterocycles. The highest BCUT2D eigenvalue weighted by atomic mass is 28.4. The van der Waals surface area contributed by atoms with E-state index in [2.05, 4.69) is 35.3 Å². The average molecular weight is 303 g/mol. The minimum Gasteiger partial charge on any atom is -0.529 e. The molecule has 0 fully saturated rings. The maximum atomic E-state index is 5.98. The van der Waals surface area contributed by atoms with E-state index >= 15 is 0 Å². The fourth-order valence-electron chi connectivity index (χ4n) is 1.69. The highest BCUT2D eigenvalue weighted by Gasteiger charge is 2.22. The van der Waals surface area contributed by atoms with Crippen molar-refractivity contribution in [3.63, 3.8) is 0 Å². The van der Waals surface area contributed by atoms with Gasteiger partial charge in [0.25, 0.3) is 0 Å². The number of hydrazone groups is 1. The van der Waals surface area contributed by atoms with E-state index in [4.69, 9.17) is 8.95 Å². The normalized spacial score (nSPS) is 12.3. The van der Waals surface area contributed by atoms with Crippen molar-refractivity contribution < 1.29 is 8.95 Å². The van der Waals surface area contributed by atoms with Gasteiger partial charge in [-0.05, 0) is 32.1 Å². The lowest BCUT2D eigenvalue weighted by molar-refractivity contribution is 0.393. The van der Waals surface area contributed by atoms with E-state index in [1.807, 2.05) is 43.3 Å². The molecule has 112 valence electrons. The molecule has 0 aliphatic rings. The molecular formula is C15H21N3O2Si. The van der Waals surface area contributed by atoms with Crippen LogP contribution in [0.2, 0.25) is 19.6 Å². The second-order valence-corrected chi connectivity index (χ2v) is 10.2. The summed E-state index contributed by atoms with van der Waals surface area (Å²) in [6, 6.07) is 11.9. The van der Waals surface area contributed by atoms with Gasteiger partial charge in [-0.3, -0.25) is 0 Å². The number of hydrogen-bond acceptors (Lipinski definition) is 5. The summed E-state index contributed by atoms with van der Waals surface area (Å²) in [6.45, 7) is 8.79. The minimum absolute atomic E-state index is 0.488. The van der Waals surface area contributed by atoms with Gasteiger partial charge in [-0.1, -0.05) is 35.5 Å². The molecule has 0 amide bonds. The molecule has 1 heterocycles. The Morgan fingerprint density at radius 3 is 2.57 bits per heavy atom. The van der Waals surface area contributed by atoms with Gasteiger partial charge in [0.15, 0.2) is 5.69 Å². The molecule has 1 aromatic heterocycles. The van der Waals surface area contributed by atoms with Crippen LogP contribution >= 0.6 is 0 Å². The monoisotopic (exact) mass is 303 g/mol. The van der Waals surface area contributed by atoms with Gasteiger partial charge in [0, 0.05) is 6.07 Å². The van der Waals surface area contributed by atoms with Crippen molar-refractivity contribution in [3.8, 4) is 0 Å². The van der Waals surface area contributed by atoms with Gasteiger partial charge in [0.2, 0.25) is 14.2 Å². The van der Waals surface area contributed by atoms with Crippen molar-refractivity contribution >= 4 is 14.2 Å². The van der Waals surface area contributed by atoms with E-state index in [0.717, 1.165) is 11.3 Å². The lowest BCUT2D eigenvalue weighted by Gasteiger charge is -2.19. The molecule has 1 N–H and O–H groups in total. The molecule has 2 aromatic rings. The van der Waals surface area contributed by atoms with Crippen LogP contribution in [0, 0.1) is 6.92 Å². The second kappa shape index (κ2) is 6.58. The summed E-state index contributed by atoms with van der Waals surface area (Å²) in [4.78, 5) is 0. The number of nitrogens with zero attached hydrogens (tertiary/aromatic N) is 2. The first-order valence-electron chi connectivity index (χ1n) is 6.91. The average Bonchev–Trinajstić information content (AvgIpc) is 2.84. The number of rotatable bonds is 5. The highest BCUT2D eigenvalue weighted by Crippen LogP contribution is 2.10. The predicted molar refractivity (Wildman–Crippen MR) is 85.5 cm³/mol.